The standard InChI is InChI=1S/C29H28ClFN4O3S/c1-2-32-29(36)38-23-13-21(33-15-23)8-10-35-16-26(24-9-11-39-28(24)17-35)34-22-6-7-27(25(30)14-22)37-18-19-4-3-5-20(31)12-19/h3-7,9,11-12,14,16,21,23,33-34H,2,13,15,17-18H2,1H3,(H,32,36)/t21-,23-/m1/s1. The number of rotatable bonds is 7. The molecule has 202 valence electrons. The molecule has 3 heterocycles. The Labute approximate surface area is 235 Å². The van der Waals surface area contributed by atoms with Crippen LogP contribution < -0.4 is 20.7 Å². The maximum Gasteiger partial charge on any atom is 0.407 e. The molecule has 1 fully saturated rings. The molecule has 1 amide bonds. The first kappa shape index (κ1) is 26.9. The molecule has 0 bridgehead atoms. The van der Waals surface area contributed by atoms with Crippen LogP contribution in [0.4, 0.5) is 14.9 Å². The van der Waals surface area contributed by atoms with Gasteiger partial charge in [0.2, 0.25) is 0 Å². The summed E-state index contributed by atoms with van der Waals surface area (Å²) in [5.41, 5.74) is 3.56. The Balaban J connectivity index is 1.23. The molecule has 0 unspecified atom stereocenters. The number of ether oxygens (including phenoxy) is 2. The summed E-state index contributed by atoms with van der Waals surface area (Å²) in [6.07, 6.45) is 2.04. The first-order chi connectivity index (χ1) is 19.0. The number of halogens is 2. The number of hydrogen-bond acceptors (Lipinski definition) is 7. The van der Waals surface area contributed by atoms with Crippen molar-refractivity contribution in [1.29, 1.82) is 0 Å². The second-order valence-corrected chi connectivity index (χ2v) is 10.5. The third-order valence-electron chi connectivity index (χ3n) is 6.20. The molecule has 5 rings (SSSR count). The highest BCUT2D eigenvalue weighted by molar-refractivity contribution is 7.10. The number of alkyl carbamates (subject to hydrolysis) is 1. The van der Waals surface area contributed by atoms with E-state index in [9.17, 15) is 9.18 Å². The van der Waals surface area contributed by atoms with Crippen LogP contribution in [0.2, 0.25) is 5.02 Å². The van der Waals surface area contributed by atoms with Gasteiger partial charge in [-0.05, 0) is 54.3 Å². The van der Waals surface area contributed by atoms with E-state index in [1.807, 2.05) is 24.1 Å². The predicted octanol–water partition coefficient (Wildman–Crippen LogP) is 5.78. The topological polar surface area (TPSA) is 74.9 Å². The first-order valence-corrected chi connectivity index (χ1v) is 13.9. The summed E-state index contributed by atoms with van der Waals surface area (Å²) in [6, 6.07) is 17.1. The van der Waals surface area contributed by atoms with Crippen LogP contribution >= 0.6 is 22.9 Å². The van der Waals surface area contributed by atoms with E-state index >= 15 is 0 Å². The number of hydrogen-bond donors (Lipinski definition) is 3. The smallest absolute Gasteiger partial charge is 0.407 e. The fourth-order valence-electron chi connectivity index (χ4n) is 4.34. The third kappa shape index (κ3) is 7.03. The number of amides is 1. The molecule has 2 atom stereocenters. The van der Waals surface area contributed by atoms with E-state index in [1.165, 1.54) is 17.0 Å². The molecule has 1 aromatic heterocycles. The van der Waals surface area contributed by atoms with Gasteiger partial charge in [-0.15, -0.1) is 11.3 Å². The van der Waals surface area contributed by atoms with Gasteiger partial charge >= 0.3 is 6.09 Å². The molecule has 39 heavy (non-hydrogen) atoms. The highest BCUT2D eigenvalue weighted by Gasteiger charge is 2.26. The summed E-state index contributed by atoms with van der Waals surface area (Å²) in [4.78, 5) is 14.8. The molecule has 2 aromatic carbocycles. The summed E-state index contributed by atoms with van der Waals surface area (Å²) in [5.74, 6) is 3.48. The van der Waals surface area contributed by atoms with Crippen molar-refractivity contribution >= 4 is 40.4 Å². The second kappa shape index (κ2) is 12.4. The van der Waals surface area contributed by atoms with Gasteiger partial charge in [0.05, 0.1) is 23.3 Å². The molecule has 2 aliphatic heterocycles. The van der Waals surface area contributed by atoms with Crippen LogP contribution in [0.25, 0.3) is 5.70 Å². The lowest BCUT2D eigenvalue weighted by Crippen LogP contribution is -2.29. The number of carbonyl (C=O) groups is 1. The van der Waals surface area contributed by atoms with E-state index in [4.69, 9.17) is 21.1 Å². The molecular weight excluding hydrogens is 539 g/mol. The van der Waals surface area contributed by atoms with E-state index in [0.29, 0.717) is 36.8 Å². The highest BCUT2D eigenvalue weighted by atomic mass is 35.5. The summed E-state index contributed by atoms with van der Waals surface area (Å²) in [6.45, 7) is 3.87. The molecular formula is C29H28ClFN4O3S. The van der Waals surface area contributed by atoms with Crippen molar-refractivity contribution < 1.29 is 18.7 Å². The number of anilines is 1. The van der Waals surface area contributed by atoms with Gasteiger partial charge in [0.25, 0.3) is 0 Å². The van der Waals surface area contributed by atoms with Crippen LogP contribution in [0.1, 0.15) is 29.3 Å². The van der Waals surface area contributed by atoms with Crippen LogP contribution in [0.3, 0.4) is 0 Å². The zero-order chi connectivity index (χ0) is 27.2. The van der Waals surface area contributed by atoms with E-state index in [0.717, 1.165) is 22.5 Å². The van der Waals surface area contributed by atoms with Crippen molar-refractivity contribution in [2.24, 2.45) is 0 Å². The van der Waals surface area contributed by atoms with E-state index in [-0.39, 0.29) is 24.6 Å². The van der Waals surface area contributed by atoms with Crippen molar-refractivity contribution in [1.82, 2.24) is 15.5 Å². The summed E-state index contributed by atoms with van der Waals surface area (Å²) in [5, 5.41) is 11.9. The number of carbonyl (C=O) groups excluding carboxylic acids is 1. The molecule has 10 heteroatoms. The maximum atomic E-state index is 13.4. The molecule has 0 radical (unpaired) electrons. The minimum Gasteiger partial charge on any atom is -0.487 e. The third-order valence-corrected chi connectivity index (χ3v) is 7.40. The molecule has 2 aliphatic rings. The van der Waals surface area contributed by atoms with Gasteiger partial charge in [-0.3, -0.25) is 5.32 Å². The number of thiophene rings is 1. The molecule has 3 aromatic rings. The monoisotopic (exact) mass is 566 g/mol. The second-order valence-electron chi connectivity index (χ2n) is 9.13. The molecule has 0 aliphatic carbocycles. The minimum atomic E-state index is -0.399. The van der Waals surface area contributed by atoms with Crippen LogP contribution in [0, 0.1) is 17.8 Å². The van der Waals surface area contributed by atoms with Gasteiger partial charge in [0.1, 0.15) is 24.3 Å². The Morgan fingerprint density at radius 1 is 1.28 bits per heavy atom. The predicted molar refractivity (Wildman–Crippen MR) is 152 cm³/mol. The Hall–Kier alpha value is -3.71. The van der Waals surface area contributed by atoms with Gasteiger partial charge in [-0.1, -0.05) is 29.7 Å². The summed E-state index contributed by atoms with van der Waals surface area (Å²) < 4.78 is 24.6. The minimum absolute atomic E-state index is 0.0577. The molecule has 0 spiro atoms. The van der Waals surface area contributed by atoms with Crippen molar-refractivity contribution in [3.8, 4) is 17.7 Å². The SMILES string of the molecule is CCNC(=O)O[C@H]1CN[C@H](C#CN2C=C(Nc3ccc(OCc4cccc(F)c4)c(Cl)c3)c3ccsc3C2)C1. The summed E-state index contributed by atoms with van der Waals surface area (Å²) in [7, 11) is 0. The Bertz CT molecular complexity index is 1430. The van der Waals surface area contributed by atoms with Crippen LogP contribution in [-0.4, -0.2) is 36.2 Å². The lowest BCUT2D eigenvalue weighted by atomic mass is 10.1. The van der Waals surface area contributed by atoms with Gasteiger partial charge < -0.3 is 25.0 Å². The fraction of sp³-hybridized carbons (Fsp3) is 0.276. The average molecular weight is 567 g/mol. The first-order valence-electron chi connectivity index (χ1n) is 12.6. The van der Waals surface area contributed by atoms with Crippen molar-refractivity contribution in [2.75, 3.05) is 18.4 Å². The van der Waals surface area contributed by atoms with Gasteiger partial charge in [-0.2, -0.15) is 0 Å². The van der Waals surface area contributed by atoms with Crippen molar-refractivity contribution in [3.63, 3.8) is 0 Å². The van der Waals surface area contributed by atoms with Crippen LogP contribution in [-0.2, 0) is 17.9 Å². The number of benzene rings is 2. The molecule has 0 saturated carbocycles. The quantitative estimate of drug-likeness (QED) is 0.315. The Morgan fingerprint density at radius 3 is 3.00 bits per heavy atom. The van der Waals surface area contributed by atoms with Gasteiger partial charge in [0.15, 0.2) is 0 Å². The lowest BCUT2D eigenvalue weighted by Gasteiger charge is -2.23. The van der Waals surface area contributed by atoms with Crippen molar-refractivity contribution in [2.45, 2.75) is 38.6 Å². The largest absolute Gasteiger partial charge is 0.487 e. The van der Waals surface area contributed by atoms with Crippen molar-refractivity contribution in [3.05, 3.63) is 87.0 Å². The van der Waals surface area contributed by atoms with Gasteiger partial charge in [0, 0.05) is 47.9 Å². The van der Waals surface area contributed by atoms with Gasteiger partial charge in [-0.25, -0.2) is 9.18 Å². The Kier molecular flexibility index (Phi) is 8.57. The van der Waals surface area contributed by atoms with Crippen LogP contribution in [0.15, 0.2) is 60.1 Å². The number of fused-ring (bicyclic) bond motifs is 1. The van der Waals surface area contributed by atoms with E-state index in [2.05, 4.69) is 39.4 Å². The lowest BCUT2D eigenvalue weighted by molar-refractivity contribution is 0.107. The highest BCUT2D eigenvalue weighted by Crippen LogP contribution is 2.34. The number of nitrogens with zero attached hydrogens (tertiary/aromatic N) is 1. The van der Waals surface area contributed by atoms with E-state index < -0.39 is 6.09 Å². The molecule has 7 nitrogen and oxygen atoms in total. The Morgan fingerprint density at radius 2 is 2.18 bits per heavy atom. The zero-order valence-corrected chi connectivity index (χ0v) is 22.9. The molecule has 1 saturated heterocycles. The van der Waals surface area contributed by atoms with E-state index in [1.54, 1.807) is 35.6 Å². The summed E-state index contributed by atoms with van der Waals surface area (Å²) >= 11 is 8.19. The zero-order valence-electron chi connectivity index (χ0n) is 21.3. The maximum absolute atomic E-state index is 13.4. The normalized spacial score (nSPS) is 17.9. The molecule has 3 N–H and O–H groups in total. The fourth-order valence-corrected chi connectivity index (χ4v) is 5.46. The number of nitrogens with one attached hydrogen (secondary N) is 3. The average Bonchev–Trinajstić information content (AvgIpc) is 3.57. The van der Waals surface area contributed by atoms with Crippen LogP contribution in [0.5, 0.6) is 5.75 Å².